The van der Waals surface area contributed by atoms with Crippen LogP contribution in [0, 0.1) is 28.5 Å². The molecule has 5 rings (SSSR count). The molecular formula is C25H8F4N4O4. The Bertz CT molecular complexity index is 1920. The molecule has 8 nitrogen and oxygen atoms in total. The first kappa shape index (κ1) is 23.4. The third-order valence-electron chi connectivity index (χ3n) is 5.90. The average Bonchev–Trinajstić information content (AvgIpc) is 3.28. The highest BCUT2D eigenvalue weighted by atomic mass is 19.4. The van der Waals surface area contributed by atoms with Crippen LogP contribution in [0.4, 0.5) is 17.6 Å². The third-order valence-corrected chi connectivity index (χ3v) is 5.90. The minimum Gasteiger partial charge on any atom is -0.268 e. The van der Waals surface area contributed by atoms with Crippen LogP contribution in [0.3, 0.4) is 0 Å². The van der Waals surface area contributed by atoms with Crippen LogP contribution in [0.25, 0.3) is 32.9 Å². The number of benzene rings is 3. The first-order valence-corrected chi connectivity index (χ1v) is 10.3. The Balaban J connectivity index is 1.99. The number of nitrogens with zero attached hydrogens (tertiary/aromatic N) is 4. The van der Waals surface area contributed by atoms with E-state index < -0.39 is 61.3 Å². The van der Waals surface area contributed by atoms with Gasteiger partial charge in [0.15, 0.2) is 0 Å². The van der Waals surface area contributed by atoms with Gasteiger partial charge in [0.1, 0.15) is 5.82 Å². The van der Waals surface area contributed by atoms with E-state index in [2.05, 4.69) is 0 Å². The summed E-state index contributed by atoms with van der Waals surface area (Å²) >= 11 is 0. The van der Waals surface area contributed by atoms with Gasteiger partial charge in [-0.05, 0) is 48.5 Å². The van der Waals surface area contributed by atoms with Crippen LogP contribution < -0.4 is 22.2 Å². The van der Waals surface area contributed by atoms with Crippen molar-refractivity contribution >= 4 is 21.5 Å². The predicted octanol–water partition coefficient (Wildman–Crippen LogP) is 2.79. The molecule has 0 unspecified atom stereocenters. The second-order valence-electron chi connectivity index (χ2n) is 7.90. The lowest BCUT2D eigenvalue weighted by Crippen LogP contribution is -2.25. The lowest BCUT2D eigenvalue weighted by Gasteiger charge is -2.09. The van der Waals surface area contributed by atoms with E-state index in [0.29, 0.717) is 0 Å². The molecule has 2 aromatic heterocycles. The van der Waals surface area contributed by atoms with Gasteiger partial charge in [-0.3, -0.25) is 19.2 Å². The molecule has 37 heavy (non-hydrogen) atoms. The van der Waals surface area contributed by atoms with Crippen molar-refractivity contribution < 1.29 is 17.6 Å². The number of hydrogen-bond acceptors (Lipinski definition) is 6. The van der Waals surface area contributed by atoms with Crippen LogP contribution in [0.2, 0.25) is 0 Å². The van der Waals surface area contributed by atoms with Crippen LogP contribution in [-0.2, 0) is 6.18 Å². The summed E-state index contributed by atoms with van der Waals surface area (Å²) in [7, 11) is 0. The molecule has 0 saturated heterocycles. The minimum atomic E-state index is -5.44. The summed E-state index contributed by atoms with van der Waals surface area (Å²) < 4.78 is 59.2. The van der Waals surface area contributed by atoms with Crippen molar-refractivity contribution in [2.45, 2.75) is 6.18 Å². The average molecular weight is 504 g/mol. The Morgan fingerprint density at radius 3 is 1.22 bits per heavy atom. The molecule has 3 aromatic carbocycles. The molecule has 0 saturated carbocycles. The van der Waals surface area contributed by atoms with Gasteiger partial charge in [-0.15, -0.1) is 0 Å². The van der Waals surface area contributed by atoms with Gasteiger partial charge in [-0.1, -0.05) is 0 Å². The Kier molecular flexibility index (Phi) is 4.95. The number of nitriles is 2. The van der Waals surface area contributed by atoms with Crippen LogP contribution in [-0.4, -0.2) is 9.13 Å². The Hall–Kier alpha value is -5.36. The van der Waals surface area contributed by atoms with E-state index in [0.717, 1.165) is 24.3 Å². The number of alkyl halides is 3. The van der Waals surface area contributed by atoms with E-state index >= 15 is 4.39 Å². The molecule has 0 N–H and O–H groups in total. The van der Waals surface area contributed by atoms with Crippen molar-refractivity contribution in [3.63, 3.8) is 0 Å². The number of fused-ring (bicyclic) bond motifs is 2. The van der Waals surface area contributed by atoms with E-state index in [9.17, 15) is 32.3 Å². The SMILES string of the molecule is N#Cc1ccc(-n2c(=O)c3c(F)c4c(=O)n(-c5ccc(C#N)cc5)c(=O)c4c(C(F)(F)F)c3c2=O)cc1. The summed E-state index contributed by atoms with van der Waals surface area (Å²) in [6.07, 6.45) is -5.44. The third kappa shape index (κ3) is 3.20. The van der Waals surface area contributed by atoms with Gasteiger partial charge in [0.25, 0.3) is 22.2 Å². The second-order valence-corrected chi connectivity index (χ2v) is 7.90. The fourth-order valence-corrected chi connectivity index (χ4v) is 4.30. The van der Waals surface area contributed by atoms with E-state index in [4.69, 9.17) is 10.5 Å². The zero-order valence-corrected chi connectivity index (χ0v) is 18.1. The van der Waals surface area contributed by atoms with Gasteiger partial charge in [0.05, 0.1) is 61.7 Å². The molecule has 0 bridgehead atoms. The number of aromatic nitrogens is 2. The zero-order valence-electron chi connectivity index (χ0n) is 18.1. The van der Waals surface area contributed by atoms with Gasteiger partial charge in [-0.2, -0.15) is 23.7 Å². The van der Waals surface area contributed by atoms with Crippen molar-refractivity contribution in [3.05, 3.63) is 112 Å². The first-order chi connectivity index (χ1) is 17.5. The molecule has 0 aliphatic carbocycles. The molecule has 0 fully saturated rings. The molecule has 2 heterocycles. The molecule has 12 heteroatoms. The van der Waals surface area contributed by atoms with Crippen molar-refractivity contribution in [1.29, 1.82) is 10.5 Å². The van der Waals surface area contributed by atoms with Crippen LogP contribution in [0.1, 0.15) is 16.7 Å². The molecule has 0 aliphatic heterocycles. The van der Waals surface area contributed by atoms with Crippen LogP contribution in [0.5, 0.6) is 0 Å². The quantitative estimate of drug-likeness (QED) is 0.341. The minimum absolute atomic E-state index is 0.126. The van der Waals surface area contributed by atoms with Crippen molar-refractivity contribution in [3.8, 4) is 23.5 Å². The normalized spacial score (nSPS) is 11.6. The van der Waals surface area contributed by atoms with Crippen molar-refractivity contribution in [2.24, 2.45) is 0 Å². The molecule has 0 radical (unpaired) electrons. The lowest BCUT2D eigenvalue weighted by molar-refractivity contribution is -0.135. The van der Waals surface area contributed by atoms with Gasteiger partial charge in [0.2, 0.25) is 0 Å². The van der Waals surface area contributed by atoms with Gasteiger partial charge < -0.3 is 0 Å². The molecule has 0 spiro atoms. The lowest BCUT2D eigenvalue weighted by atomic mass is 10.0. The summed E-state index contributed by atoms with van der Waals surface area (Å²) in [5, 5.41) is 12.5. The summed E-state index contributed by atoms with van der Waals surface area (Å²) in [5.74, 6) is -1.73. The second kappa shape index (κ2) is 7.83. The fourth-order valence-electron chi connectivity index (χ4n) is 4.30. The highest BCUT2D eigenvalue weighted by Gasteiger charge is 2.42. The highest BCUT2D eigenvalue weighted by Crippen LogP contribution is 2.38. The predicted molar refractivity (Wildman–Crippen MR) is 122 cm³/mol. The maximum absolute atomic E-state index is 15.7. The van der Waals surface area contributed by atoms with Crippen LogP contribution in [0.15, 0.2) is 67.7 Å². The molecule has 0 atom stereocenters. The standard InChI is InChI=1S/C25H8F4N4O4/c26-20-17-15(21(34)32(23(17)36)13-5-1-11(9-30)2-6-13)19(25(27,28)29)16-18(20)24(37)33(22(16)35)14-7-3-12(10-31)4-8-14/h1-8H. The number of hydrogen-bond donors (Lipinski definition) is 0. The number of rotatable bonds is 2. The smallest absolute Gasteiger partial charge is 0.268 e. The fraction of sp³-hybridized carbons (Fsp3) is 0.0400. The van der Waals surface area contributed by atoms with E-state index in [1.165, 1.54) is 24.3 Å². The van der Waals surface area contributed by atoms with Crippen molar-refractivity contribution in [2.75, 3.05) is 0 Å². The summed E-state index contributed by atoms with van der Waals surface area (Å²) in [5.41, 5.74) is -8.15. The summed E-state index contributed by atoms with van der Waals surface area (Å²) in [6.45, 7) is 0. The molecular weight excluding hydrogens is 496 g/mol. The Labute approximate surface area is 201 Å². The molecule has 180 valence electrons. The Morgan fingerprint density at radius 2 is 0.919 bits per heavy atom. The summed E-state index contributed by atoms with van der Waals surface area (Å²) in [6, 6.07) is 12.8. The molecule has 0 aliphatic rings. The van der Waals surface area contributed by atoms with Crippen molar-refractivity contribution in [1.82, 2.24) is 9.13 Å². The monoisotopic (exact) mass is 504 g/mol. The number of halogens is 4. The zero-order chi connectivity index (χ0) is 26.8. The first-order valence-electron chi connectivity index (χ1n) is 10.3. The van der Waals surface area contributed by atoms with Gasteiger partial charge in [0, 0.05) is 0 Å². The van der Waals surface area contributed by atoms with E-state index in [-0.39, 0.29) is 31.6 Å². The Morgan fingerprint density at radius 1 is 0.595 bits per heavy atom. The van der Waals surface area contributed by atoms with E-state index in [1.807, 2.05) is 0 Å². The molecule has 5 aromatic rings. The largest absolute Gasteiger partial charge is 0.418 e. The maximum Gasteiger partial charge on any atom is 0.418 e. The topological polar surface area (TPSA) is 126 Å². The van der Waals surface area contributed by atoms with Gasteiger partial charge in [-0.25, -0.2) is 13.5 Å². The van der Waals surface area contributed by atoms with E-state index in [1.54, 1.807) is 12.1 Å². The highest BCUT2D eigenvalue weighted by molar-refractivity contribution is 6.03. The van der Waals surface area contributed by atoms with Gasteiger partial charge >= 0.3 is 6.18 Å². The molecule has 0 amide bonds. The summed E-state index contributed by atoms with van der Waals surface area (Å²) in [4.78, 5) is 52.4. The van der Waals surface area contributed by atoms with Crippen LogP contribution >= 0.6 is 0 Å². The maximum atomic E-state index is 15.7.